The van der Waals surface area contributed by atoms with Crippen molar-refractivity contribution < 1.29 is 4.79 Å². The molecule has 1 aliphatic rings. The smallest absolute Gasteiger partial charge is 0.150 e. The molecule has 1 aliphatic carbocycles. The minimum absolute atomic E-state index is 0.0947. The maximum Gasteiger partial charge on any atom is 0.150 e. The molecule has 0 amide bonds. The number of hydrogen-bond acceptors (Lipinski definition) is 2. The van der Waals surface area contributed by atoms with Crippen LogP contribution in [0.5, 0.6) is 0 Å². The molecule has 0 aromatic heterocycles. The summed E-state index contributed by atoms with van der Waals surface area (Å²) in [5.74, 6) is 0. The van der Waals surface area contributed by atoms with Crippen molar-refractivity contribution in [2.45, 2.75) is 18.4 Å². The molecule has 0 spiro atoms. The fraction of sp³-hybridized carbons (Fsp3) is 0.364. The van der Waals surface area contributed by atoms with Gasteiger partial charge in [0, 0.05) is 11.1 Å². The third-order valence-corrected chi connectivity index (χ3v) is 2.83. The first-order valence-corrected chi connectivity index (χ1v) is 4.56. The highest BCUT2D eigenvalue weighted by Gasteiger charge is 2.43. The second-order valence-corrected chi connectivity index (χ2v) is 3.54. The summed E-state index contributed by atoms with van der Waals surface area (Å²) in [6, 6.07) is 7.80. The van der Waals surface area contributed by atoms with Crippen molar-refractivity contribution in [1.29, 1.82) is 0 Å². The molecule has 1 aromatic carbocycles. The molecule has 0 atom stereocenters. The van der Waals surface area contributed by atoms with E-state index < -0.39 is 0 Å². The van der Waals surface area contributed by atoms with Crippen molar-refractivity contribution in [3.8, 4) is 0 Å². The van der Waals surface area contributed by atoms with Gasteiger partial charge in [-0.25, -0.2) is 0 Å². The molecule has 0 saturated heterocycles. The molecule has 1 saturated carbocycles. The average molecular weight is 175 g/mol. The van der Waals surface area contributed by atoms with Gasteiger partial charge in [0.2, 0.25) is 0 Å². The lowest BCUT2D eigenvalue weighted by molar-refractivity contribution is 0.112. The number of nitrogens with one attached hydrogen (secondary N) is 1. The Labute approximate surface area is 78.0 Å². The molecule has 0 heterocycles. The van der Waals surface area contributed by atoms with Gasteiger partial charge >= 0.3 is 0 Å². The van der Waals surface area contributed by atoms with Crippen molar-refractivity contribution in [3.63, 3.8) is 0 Å². The van der Waals surface area contributed by atoms with Crippen LogP contribution in [0.2, 0.25) is 0 Å². The molecule has 2 rings (SSSR count). The van der Waals surface area contributed by atoms with E-state index in [1.807, 2.05) is 31.3 Å². The van der Waals surface area contributed by atoms with Crippen LogP contribution in [0.25, 0.3) is 0 Å². The summed E-state index contributed by atoms with van der Waals surface area (Å²) >= 11 is 0. The molecule has 0 bridgehead atoms. The molecule has 2 nitrogen and oxygen atoms in total. The molecule has 68 valence electrons. The lowest BCUT2D eigenvalue weighted by atomic mass is 9.99. The van der Waals surface area contributed by atoms with E-state index in [1.165, 1.54) is 0 Å². The van der Waals surface area contributed by atoms with Crippen molar-refractivity contribution in [3.05, 3.63) is 35.4 Å². The Hall–Kier alpha value is -1.15. The van der Waals surface area contributed by atoms with Gasteiger partial charge in [-0.2, -0.15) is 0 Å². The summed E-state index contributed by atoms with van der Waals surface area (Å²) < 4.78 is 0. The predicted octanol–water partition coefficient (Wildman–Crippen LogP) is 1.71. The van der Waals surface area contributed by atoms with Crippen LogP contribution in [0.3, 0.4) is 0 Å². The Bertz CT molecular complexity index is 329. The minimum atomic E-state index is 0.0947. The lowest BCUT2D eigenvalue weighted by Crippen LogP contribution is -2.25. The number of carbonyl (C=O) groups is 1. The number of carbonyl (C=O) groups excluding carboxylic acids is 1. The Morgan fingerprint density at radius 2 is 2.08 bits per heavy atom. The van der Waals surface area contributed by atoms with Gasteiger partial charge in [0.05, 0.1) is 0 Å². The molecule has 2 heteroatoms. The lowest BCUT2D eigenvalue weighted by Gasteiger charge is -2.16. The summed E-state index contributed by atoms with van der Waals surface area (Å²) in [6.45, 7) is 0. The normalized spacial score (nSPS) is 18.2. The summed E-state index contributed by atoms with van der Waals surface area (Å²) in [5.41, 5.74) is 2.05. The maximum absolute atomic E-state index is 10.8. The predicted molar refractivity (Wildman–Crippen MR) is 51.8 cm³/mol. The highest BCUT2D eigenvalue weighted by atomic mass is 16.1. The molecular weight excluding hydrogens is 162 g/mol. The molecule has 0 radical (unpaired) electrons. The zero-order chi connectivity index (χ0) is 9.31. The van der Waals surface area contributed by atoms with Gasteiger partial charge in [0.1, 0.15) is 6.29 Å². The monoisotopic (exact) mass is 175 g/mol. The first-order chi connectivity index (χ1) is 6.32. The summed E-state index contributed by atoms with van der Waals surface area (Å²) in [4.78, 5) is 10.8. The molecule has 0 aliphatic heterocycles. The van der Waals surface area contributed by atoms with Crippen LogP contribution < -0.4 is 5.32 Å². The van der Waals surface area contributed by atoms with Crippen molar-refractivity contribution >= 4 is 6.29 Å². The Morgan fingerprint density at radius 1 is 1.38 bits per heavy atom. The second kappa shape index (κ2) is 2.96. The van der Waals surface area contributed by atoms with Gasteiger partial charge in [-0.3, -0.25) is 4.79 Å². The van der Waals surface area contributed by atoms with Crippen molar-refractivity contribution in [1.82, 2.24) is 5.32 Å². The quantitative estimate of drug-likeness (QED) is 0.708. The highest BCUT2D eigenvalue weighted by molar-refractivity contribution is 5.78. The molecule has 0 unspecified atom stereocenters. The van der Waals surface area contributed by atoms with E-state index in [-0.39, 0.29) is 5.54 Å². The summed E-state index contributed by atoms with van der Waals surface area (Å²) in [6.07, 6.45) is 3.20. The highest BCUT2D eigenvalue weighted by Crippen LogP contribution is 2.45. The van der Waals surface area contributed by atoms with Crippen LogP contribution in [-0.4, -0.2) is 13.3 Å². The van der Waals surface area contributed by atoms with Crippen molar-refractivity contribution in [2.24, 2.45) is 0 Å². The Balaban J connectivity index is 2.44. The van der Waals surface area contributed by atoms with E-state index in [0.717, 1.165) is 30.3 Å². The molecule has 1 fully saturated rings. The van der Waals surface area contributed by atoms with Crippen molar-refractivity contribution in [2.75, 3.05) is 7.05 Å². The number of benzene rings is 1. The van der Waals surface area contributed by atoms with Crippen LogP contribution in [0.4, 0.5) is 0 Å². The molecule has 1 aromatic rings. The van der Waals surface area contributed by atoms with E-state index in [0.29, 0.717) is 0 Å². The number of hydrogen-bond donors (Lipinski definition) is 1. The topological polar surface area (TPSA) is 29.1 Å². The van der Waals surface area contributed by atoms with Gasteiger partial charge < -0.3 is 5.32 Å². The zero-order valence-electron chi connectivity index (χ0n) is 7.71. The Morgan fingerprint density at radius 3 is 2.62 bits per heavy atom. The zero-order valence-corrected chi connectivity index (χ0v) is 7.71. The molecular formula is C11H13NO. The van der Waals surface area contributed by atoms with Crippen LogP contribution in [0.1, 0.15) is 28.8 Å². The van der Waals surface area contributed by atoms with Gasteiger partial charge in [0.15, 0.2) is 0 Å². The largest absolute Gasteiger partial charge is 0.310 e. The summed E-state index contributed by atoms with van der Waals surface area (Å²) in [5, 5.41) is 3.28. The van der Waals surface area contributed by atoms with E-state index in [4.69, 9.17) is 0 Å². The Kier molecular flexibility index (Phi) is 1.93. The summed E-state index contributed by atoms with van der Waals surface area (Å²) in [7, 11) is 1.95. The fourth-order valence-corrected chi connectivity index (χ4v) is 1.81. The number of aldehydes is 1. The van der Waals surface area contributed by atoms with Gasteiger partial charge in [-0.1, -0.05) is 24.3 Å². The van der Waals surface area contributed by atoms with Gasteiger partial charge in [-0.05, 0) is 25.5 Å². The van der Waals surface area contributed by atoms with E-state index in [9.17, 15) is 4.79 Å². The second-order valence-electron chi connectivity index (χ2n) is 3.54. The SMILES string of the molecule is CNC1(c2ccccc2C=O)CC1. The standard InChI is InChI=1S/C11H13NO/c1-12-11(6-7-11)10-5-3-2-4-9(10)8-13/h2-5,8,12H,6-7H2,1H3. The van der Waals surface area contributed by atoms with E-state index >= 15 is 0 Å². The van der Waals surface area contributed by atoms with Gasteiger partial charge in [-0.15, -0.1) is 0 Å². The third kappa shape index (κ3) is 1.27. The van der Waals surface area contributed by atoms with E-state index in [2.05, 4.69) is 5.32 Å². The van der Waals surface area contributed by atoms with E-state index in [1.54, 1.807) is 0 Å². The molecule has 13 heavy (non-hydrogen) atoms. The fourth-order valence-electron chi connectivity index (χ4n) is 1.81. The first kappa shape index (κ1) is 8.45. The third-order valence-electron chi connectivity index (χ3n) is 2.83. The first-order valence-electron chi connectivity index (χ1n) is 4.56. The van der Waals surface area contributed by atoms with Crippen LogP contribution in [0.15, 0.2) is 24.3 Å². The molecule has 1 N–H and O–H groups in total. The van der Waals surface area contributed by atoms with Crippen LogP contribution >= 0.6 is 0 Å². The van der Waals surface area contributed by atoms with Crippen LogP contribution in [-0.2, 0) is 5.54 Å². The van der Waals surface area contributed by atoms with Gasteiger partial charge in [0.25, 0.3) is 0 Å². The average Bonchev–Trinajstić information content (AvgIpc) is 2.98. The number of rotatable bonds is 3. The van der Waals surface area contributed by atoms with Crippen LogP contribution in [0, 0.1) is 0 Å². The minimum Gasteiger partial charge on any atom is -0.310 e. The maximum atomic E-state index is 10.8.